The molecule has 0 amide bonds. The van der Waals surface area contributed by atoms with E-state index in [4.69, 9.17) is 14.3 Å². The predicted octanol–water partition coefficient (Wildman–Crippen LogP) is 2.83. The molecule has 3 rings (SSSR count). The third-order valence-electron chi connectivity index (χ3n) is 4.66. The molecular weight excluding hydrogens is 242 g/mol. The lowest BCUT2D eigenvalue weighted by Gasteiger charge is -2.44. The lowest BCUT2D eigenvalue weighted by molar-refractivity contribution is -0.189. The normalized spacial score (nSPS) is 33.7. The minimum absolute atomic E-state index is 0.0951. The Morgan fingerprint density at radius 2 is 2.26 bits per heavy atom. The molecule has 0 aromatic carbocycles. The van der Waals surface area contributed by atoms with E-state index in [1.54, 1.807) is 19.3 Å². The molecule has 106 valence electrons. The van der Waals surface area contributed by atoms with Crippen LogP contribution >= 0.6 is 0 Å². The first-order valence-electron chi connectivity index (χ1n) is 7.21. The fourth-order valence-corrected chi connectivity index (χ4v) is 3.68. The van der Waals surface area contributed by atoms with Gasteiger partial charge in [0.25, 0.3) is 0 Å². The monoisotopic (exact) mass is 265 g/mol. The molecule has 4 nitrogen and oxygen atoms in total. The van der Waals surface area contributed by atoms with Crippen LogP contribution < -0.4 is 0 Å². The summed E-state index contributed by atoms with van der Waals surface area (Å²) >= 11 is 0. The molecule has 3 unspecified atom stereocenters. The summed E-state index contributed by atoms with van der Waals surface area (Å²) in [5, 5.41) is 1.77. The molecule has 1 aliphatic carbocycles. The van der Waals surface area contributed by atoms with Crippen molar-refractivity contribution >= 4 is 0 Å². The standard InChI is InChI=1S/C15H23NO3/c1-4-10-7-11-5-6-19-13-9-16(18-3)15(17-2)12(8-10)14(11)13/h9-11,15H,4-8H2,1-3H3. The second-order valence-corrected chi connectivity index (χ2v) is 5.61. The number of ether oxygens (including phenoxy) is 2. The van der Waals surface area contributed by atoms with Crippen LogP contribution in [0.15, 0.2) is 23.1 Å². The summed E-state index contributed by atoms with van der Waals surface area (Å²) < 4.78 is 11.5. The maximum absolute atomic E-state index is 5.84. The van der Waals surface area contributed by atoms with Crippen LogP contribution in [0.5, 0.6) is 0 Å². The molecule has 1 saturated heterocycles. The molecule has 0 N–H and O–H groups in total. The first-order valence-corrected chi connectivity index (χ1v) is 7.21. The van der Waals surface area contributed by atoms with Gasteiger partial charge in [0.05, 0.1) is 19.9 Å². The highest BCUT2D eigenvalue weighted by Gasteiger charge is 2.41. The van der Waals surface area contributed by atoms with E-state index in [1.807, 2.05) is 6.20 Å². The largest absolute Gasteiger partial charge is 0.492 e. The molecule has 4 heteroatoms. The quantitative estimate of drug-likeness (QED) is 0.785. The number of allylic oxidation sites excluding steroid dienone is 1. The summed E-state index contributed by atoms with van der Waals surface area (Å²) in [5.41, 5.74) is 2.76. The van der Waals surface area contributed by atoms with E-state index in [-0.39, 0.29) is 6.23 Å². The van der Waals surface area contributed by atoms with Gasteiger partial charge in [-0.25, -0.2) is 5.06 Å². The summed E-state index contributed by atoms with van der Waals surface area (Å²) in [5.74, 6) is 2.40. The van der Waals surface area contributed by atoms with Crippen LogP contribution in [0.2, 0.25) is 0 Å². The van der Waals surface area contributed by atoms with E-state index >= 15 is 0 Å². The zero-order valence-corrected chi connectivity index (χ0v) is 12.0. The Labute approximate surface area is 115 Å². The molecule has 0 radical (unpaired) electrons. The van der Waals surface area contributed by atoms with Gasteiger partial charge in [0.2, 0.25) is 0 Å². The molecule has 0 aromatic heterocycles. The van der Waals surface area contributed by atoms with E-state index in [0.717, 1.165) is 31.1 Å². The molecule has 0 aromatic rings. The second kappa shape index (κ2) is 5.17. The van der Waals surface area contributed by atoms with Gasteiger partial charge >= 0.3 is 0 Å². The average molecular weight is 265 g/mol. The maximum Gasteiger partial charge on any atom is 0.175 e. The summed E-state index contributed by atoms with van der Waals surface area (Å²) in [6.45, 7) is 3.10. The molecule has 2 heterocycles. The van der Waals surface area contributed by atoms with Gasteiger partial charge in [-0.3, -0.25) is 4.84 Å². The highest BCUT2D eigenvalue weighted by atomic mass is 16.7. The molecule has 3 aliphatic rings. The van der Waals surface area contributed by atoms with Crippen molar-refractivity contribution in [2.24, 2.45) is 11.8 Å². The van der Waals surface area contributed by atoms with Crippen molar-refractivity contribution in [2.45, 2.75) is 38.8 Å². The van der Waals surface area contributed by atoms with Gasteiger partial charge in [-0.1, -0.05) is 13.3 Å². The first kappa shape index (κ1) is 13.0. The van der Waals surface area contributed by atoms with Crippen molar-refractivity contribution in [3.63, 3.8) is 0 Å². The van der Waals surface area contributed by atoms with Crippen molar-refractivity contribution in [3.8, 4) is 0 Å². The number of hydroxylamine groups is 2. The Balaban J connectivity index is 2.01. The lowest BCUT2D eigenvalue weighted by atomic mass is 9.72. The molecule has 3 atom stereocenters. The van der Waals surface area contributed by atoms with Crippen molar-refractivity contribution in [1.29, 1.82) is 0 Å². The highest BCUT2D eigenvalue weighted by molar-refractivity contribution is 5.41. The fourth-order valence-electron chi connectivity index (χ4n) is 3.68. The van der Waals surface area contributed by atoms with Crippen LogP contribution in [0.25, 0.3) is 0 Å². The van der Waals surface area contributed by atoms with Gasteiger partial charge in [0.15, 0.2) is 6.23 Å². The zero-order valence-electron chi connectivity index (χ0n) is 12.0. The summed E-state index contributed by atoms with van der Waals surface area (Å²) in [6, 6.07) is 0. The van der Waals surface area contributed by atoms with Crippen molar-refractivity contribution in [1.82, 2.24) is 5.06 Å². The number of hydrogen-bond acceptors (Lipinski definition) is 4. The third-order valence-corrected chi connectivity index (χ3v) is 4.66. The first-order chi connectivity index (χ1) is 9.28. The van der Waals surface area contributed by atoms with Gasteiger partial charge < -0.3 is 9.47 Å². The van der Waals surface area contributed by atoms with Crippen LogP contribution in [-0.2, 0) is 14.3 Å². The summed E-state index contributed by atoms with van der Waals surface area (Å²) in [7, 11) is 3.42. The second-order valence-electron chi connectivity index (χ2n) is 5.61. The molecular formula is C15H23NO3. The molecule has 1 fully saturated rings. The van der Waals surface area contributed by atoms with Gasteiger partial charge in [-0.15, -0.1) is 0 Å². The third kappa shape index (κ3) is 2.07. The van der Waals surface area contributed by atoms with Gasteiger partial charge in [0.1, 0.15) is 5.76 Å². The van der Waals surface area contributed by atoms with Gasteiger partial charge in [-0.2, -0.15) is 0 Å². The molecule has 2 aliphatic heterocycles. The number of nitrogens with zero attached hydrogens (tertiary/aromatic N) is 1. The zero-order chi connectivity index (χ0) is 13.4. The van der Waals surface area contributed by atoms with Gasteiger partial charge in [-0.05, 0) is 36.7 Å². The number of rotatable bonds is 3. The minimum Gasteiger partial charge on any atom is -0.492 e. The maximum atomic E-state index is 5.84. The van der Waals surface area contributed by atoms with Crippen LogP contribution in [0, 0.1) is 11.8 Å². The van der Waals surface area contributed by atoms with Crippen LogP contribution in [0.3, 0.4) is 0 Å². The fraction of sp³-hybridized carbons (Fsp3) is 0.733. The summed E-state index contributed by atoms with van der Waals surface area (Å²) in [4.78, 5) is 5.42. The Hall–Kier alpha value is -1.00. The average Bonchev–Trinajstić information content (AvgIpc) is 2.46. The van der Waals surface area contributed by atoms with Crippen molar-refractivity contribution in [2.75, 3.05) is 20.8 Å². The van der Waals surface area contributed by atoms with Crippen LogP contribution in [0.4, 0.5) is 0 Å². The predicted molar refractivity (Wildman–Crippen MR) is 71.8 cm³/mol. The molecule has 0 bridgehead atoms. The Morgan fingerprint density at radius 1 is 1.42 bits per heavy atom. The highest BCUT2D eigenvalue weighted by Crippen LogP contribution is 2.47. The Bertz CT molecular complexity index is 416. The van der Waals surface area contributed by atoms with Gasteiger partial charge in [0, 0.05) is 12.7 Å². The minimum atomic E-state index is -0.0951. The van der Waals surface area contributed by atoms with E-state index in [9.17, 15) is 0 Å². The van der Waals surface area contributed by atoms with E-state index < -0.39 is 0 Å². The SMILES string of the molecule is CCC1CC2=C3C(=CN(OC)C2OC)OCCC3C1. The van der Waals surface area contributed by atoms with Crippen LogP contribution in [-0.4, -0.2) is 32.1 Å². The molecule has 0 spiro atoms. The smallest absolute Gasteiger partial charge is 0.175 e. The van der Waals surface area contributed by atoms with E-state index in [1.165, 1.54) is 24.0 Å². The number of methoxy groups -OCH3 is 1. The number of hydrogen-bond donors (Lipinski definition) is 0. The van der Waals surface area contributed by atoms with Crippen molar-refractivity contribution < 1.29 is 14.3 Å². The van der Waals surface area contributed by atoms with Crippen molar-refractivity contribution in [3.05, 3.63) is 23.1 Å². The Morgan fingerprint density at radius 3 is 2.95 bits per heavy atom. The van der Waals surface area contributed by atoms with E-state index in [0.29, 0.717) is 5.92 Å². The van der Waals surface area contributed by atoms with E-state index in [2.05, 4.69) is 6.92 Å². The summed E-state index contributed by atoms with van der Waals surface area (Å²) in [6.07, 6.45) is 6.61. The topological polar surface area (TPSA) is 30.9 Å². The lowest BCUT2D eigenvalue weighted by Crippen LogP contribution is -2.42. The molecule has 19 heavy (non-hydrogen) atoms. The Kier molecular flexibility index (Phi) is 3.54. The van der Waals surface area contributed by atoms with Crippen LogP contribution in [0.1, 0.15) is 32.6 Å². The molecule has 0 saturated carbocycles.